The van der Waals surface area contributed by atoms with Crippen molar-refractivity contribution < 1.29 is 5.11 Å². The molecular weight excluding hydrogens is 514 g/mol. The third kappa shape index (κ3) is 6.60. The van der Waals surface area contributed by atoms with E-state index in [9.17, 15) is 5.11 Å². The number of hydrogen-bond donors (Lipinski definition) is 2. The Morgan fingerprint density at radius 1 is 0.824 bits per heavy atom. The van der Waals surface area contributed by atoms with Gasteiger partial charge in [0, 0.05) is 52.2 Å². The zero-order valence-corrected chi connectivity index (χ0v) is 22.2. The normalized spacial score (nSPS) is 16.0. The van der Waals surface area contributed by atoms with Gasteiger partial charge < -0.3 is 10.4 Å². The number of halogens is 4. The van der Waals surface area contributed by atoms with Crippen LogP contribution in [0.2, 0.25) is 5.02 Å². The molecule has 0 atom stereocenters. The first-order valence-electron chi connectivity index (χ1n) is 11.3. The second-order valence-electron chi connectivity index (χ2n) is 8.75. The van der Waals surface area contributed by atoms with E-state index in [2.05, 4.69) is 32.2 Å². The van der Waals surface area contributed by atoms with Crippen LogP contribution in [0.15, 0.2) is 42.6 Å². The second-order valence-corrected chi connectivity index (χ2v) is 9.19. The van der Waals surface area contributed by atoms with E-state index in [1.807, 2.05) is 24.3 Å². The zero-order chi connectivity index (χ0) is 21.2. The molecule has 0 bridgehead atoms. The van der Waals surface area contributed by atoms with E-state index in [0.29, 0.717) is 10.8 Å². The average Bonchev–Trinajstić information content (AvgIpc) is 3.46. The van der Waals surface area contributed by atoms with Gasteiger partial charge in [0.1, 0.15) is 5.75 Å². The van der Waals surface area contributed by atoms with E-state index < -0.39 is 0 Å². The van der Waals surface area contributed by atoms with E-state index in [1.54, 1.807) is 6.20 Å². The highest BCUT2D eigenvalue weighted by Gasteiger charge is 2.19. The van der Waals surface area contributed by atoms with Gasteiger partial charge in [-0.3, -0.25) is 14.8 Å². The van der Waals surface area contributed by atoms with E-state index in [-0.39, 0.29) is 37.2 Å². The maximum atomic E-state index is 11.1. The molecule has 0 radical (unpaired) electrons. The molecule has 0 spiro atoms. The van der Waals surface area contributed by atoms with Gasteiger partial charge in [0.05, 0.1) is 5.52 Å². The molecule has 3 heterocycles. The molecule has 2 fully saturated rings. The summed E-state index contributed by atoms with van der Waals surface area (Å²) in [6, 6.07) is 12.0. The molecule has 0 unspecified atom stereocenters. The number of pyridine rings is 1. The van der Waals surface area contributed by atoms with Gasteiger partial charge in [0.15, 0.2) is 0 Å². The van der Waals surface area contributed by atoms with Crippen LogP contribution in [0.25, 0.3) is 10.9 Å². The fourth-order valence-electron chi connectivity index (χ4n) is 4.82. The van der Waals surface area contributed by atoms with Gasteiger partial charge in [-0.05, 0) is 88.3 Å². The summed E-state index contributed by atoms with van der Waals surface area (Å²) in [5.41, 5.74) is 4.87. The average molecular weight is 546 g/mol. The number of fused-ring (bicyclic) bond motifs is 1. The first-order valence-corrected chi connectivity index (χ1v) is 11.6. The molecule has 5 rings (SSSR count). The van der Waals surface area contributed by atoms with Crippen LogP contribution in [0.1, 0.15) is 36.8 Å². The van der Waals surface area contributed by atoms with Crippen molar-refractivity contribution in [2.45, 2.75) is 38.8 Å². The summed E-state index contributed by atoms with van der Waals surface area (Å²) >= 11 is 6.15. The molecular formula is C25H32Cl4N4O. The minimum Gasteiger partial charge on any atom is -0.507 e. The largest absolute Gasteiger partial charge is 0.507 e. The summed E-state index contributed by atoms with van der Waals surface area (Å²) in [6.07, 6.45) is 6.77. The van der Waals surface area contributed by atoms with Crippen molar-refractivity contribution >= 4 is 71.1 Å². The number of anilines is 2. The van der Waals surface area contributed by atoms with Crippen molar-refractivity contribution in [2.75, 3.05) is 31.5 Å². The molecule has 2 N–H and O–H groups in total. The number of aromatic nitrogens is 1. The number of likely N-dealkylation sites (tertiary alicyclic amines) is 2. The van der Waals surface area contributed by atoms with Crippen LogP contribution in [0.4, 0.5) is 11.4 Å². The number of phenols is 1. The monoisotopic (exact) mass is 544 g/mol. The maximum absolute atomic E-state index is 11.1. The van der Waals surface area contributed by atoms with Crippen molar-refractivity contribution in [1.29, 1.82) is 0 Å². The van der Waals surface area contributed by atoms with Crippen molar-refractivity contribution in [1.82, 2.24) is 14.8 Å². The minimum atomic E-state index is 0. The molecule has 186 valence electrons. The second kappa shape index (κ2) is 13.0. The van der Waals surface area contributed by atoms with E-state index in [0.717, 1.165) is 72.7 Å². The van der Waals surface area contributed by atoms with Gasteiger partial charge in [-0.2, -0.15) is 0 Å². The Balaban J connectivity index is 0.00000136. The summed E-state index contributed by atoms with van der Waals surface area (Å²) in [5.74, 6) is 0.454. The van der Waals surface area contributed by atoms with Crippen LogP contribution >= 0.6 is 48.8 Å². The van der Waals surface area contributed by atoms with Crippen LogP contribution in [-0.4, -0.2) is 46.1 Å². The number of rotatable bonds is 6. The van der Waals surface area contributed by atoms with Gasteiger partial charge in [-0.1, -0.05) is 11.6 Å². The molecule has 1 aromatic heterocycles. The Morgan fingerprint density at radius 2 is 1.38 bits per heavy atom. The summed E-state index contributed by atoms with van der Waals surface area (Å²) < 4.78 is 0. The molecule has 9 heteroatoms. The zero-order valence-electron chi connectivity index (χ0n) is 19.0. The molecule has 34 heavy (non-hydrogen) atoms. The molecule has 2 aromatic carbocycles. The summed E-state index contributed by atoms with van der Waals surface area (Å²) in [5, 5.41) is 16.4. The van der Waals surface area contributed by atoms with Crippen LogP contribution < -0.4 is 5.32 Å². The molecule has 0 saturated carbocycles. The van der Waals surface area contributed by atoms with Crippen LogP contribution in [0.5, 0.6) is 5.75 Å². The SMILES string of the molecule is Cl.Cl.Cl.Oc1c(CN2CCCC2)cc(Nc2ccnc3cc(Cl)ccc23)cc1CN1CCCC1. The Bertz CT molecular complexity index is 1050. The van der Waals surface area contributed by atoms with E-state index >= 15 is 0 Å². The highest BCUT2D eigenvalue weighted by molar-refractivity contribution is 6.31. The van der Waals surface area contributed by atoms with E-state index in [4.69, 9.17) is 11.6 Å². The summed E-state index contributed by atoms with van der Waals surface area (Å²) in [4.78, 5) is 9.32. The molecule has 2 aliphatic rings. The van der Waals surface area contributed by atoms with Gasteiger partial charge in [0.25, 0.3) is 0 Å². The lowest BCUT2D eigenvalue weighted by atomic mass is 10.1. The predicted octanol–water partition coefficient (Wildman–Crippen LogP) is 6.79. The predicted molar refractivity (Wildman–Crippen MR) is 149 cm³/mol. The number of phenolic OH excluding ortho intramolecular Hbond substituents is 1. The highest BCUT2D eigenvalue weighted by atomic mass is 35.5. The van der Waals surface area contributed by atoms with E-state index in [1.165, 1.54) is 25.7 Å². The first-order chi connectivity index (χ1) is 15.2. The fourth-order valence-corrected chi connectivity index (χ4v) is 4.99. The Kier molecular flexibility index (Phi) is 11.0. The number of benzene rings is 2. The lowest BCUT2D eigenvalue weighted by Gasteiger charge is -2.22. The quantitative estimate of drug-likeness (QED) is 0.334. The molecule has 2 aliphatic heterocycles. The highest BCUT2D eigenvalue weighted by Crippen LogP contribution is 2.34. The van der Waals surface area contributed by atoms with Crippen LogP contribution in [0.3, 0.4) is 0 Å². The van der Waals surface area contributed by atoms with Gasteiger partial charge >= 0.3 is 0 Å². The number of nitrogens with zero attached hydrogens (tertiary/aromatic N) is 3. The number of nitrogens with one attached hydrogen (secondary N) is 1. The van der Waals surface area contributed by atoms with Crippen molar-refractivity contribution in [3.63, 3.8) is 0 Å². The molecule has 0 aliphatic carbocycles. The third-order valence-corrected chi connectivity index (χ3v) is 6.67. The van der Waals surface area contributed by atoms with Gasteiger partial charge in [-0.25, -0.2) is 0 Å². The Hall–Kier alpha value is -1.47. The van der Waals surface area contributed by atoms with Crippen LogP contribution in [0, 0.1) is 0 Å². The van der Waals surface area contributed by atoms with Gasteiger partial charge in [-0.15, -0.1) is 37.2 Å². The van der Waals surface area contributed by atoms with Crippen molar-refractivity contribution in [2.24, 2.45) is 0 Å². The van der Waals surface area contributed by atoms with Crippen LogP contribution in [-0.2, 0) is 13.1 Å². The van der Waals surface area contributed by atoms with Crippen molar-refractivity contribution in [3.8, 4) is 5.75 Å². The molecule has 3 aromatic rings. The molecule has 0 amide bonds. The molecule has 2 saturated heterocycles. The molecule has 5 nitrogen and oxygen atoms in total. The Morgan fingerprint density at radius 3 is 1.94 bits per heavy atom. The number of hydrogen-bond acceptors (Lipinski definition) is 5. The summed E-state index contributed by atoms with van der Waals surface area (Å²) in [6.45, 7) is 6.01. The lowest BCUT2D eigenvalue weighted by molar-refractivity contribution is 0.312. The fraction of sp³-hybridized carbons (Fsp3) is 0.400. The third-order valence-electron chi connectivity index (χ3n) is 6.44. The Labute approximate surface area is 225 Å². The minimum absolute atomic E-state index is 0. The van der Waals surface area contributed by atoms with Gasteiger partial charge in [0.2, 0.25) is 0 Å². The lowest BCUT2D eigenvalue weighted by Crippen LogP contribution is -2.20. The summed E-state index contributed by atoms with van der Waals surface area (Å²) in [7, 11) is 0. The number of aromatic hydroxyl groups is 1. The topological polar surface area (TPSA) is 51.6 Å². The first kappa shape index (κ1) is 28.8. The smallest absolute Gasteiger partial charge is 0.124 e. The maximum Gasteiger partial charge on any atom is 0.124 e. The van der Waals surface area contributed by atoms with Crippen molar-refractivity contribution in [3.05, 3.63) is 58.7 Å². The standard InChI is InChI=1S/C25H29ClN4O.3ClH/c26-20-5-6-22-23(7-8-27-24(22)15-20)28-21-13-18(16-29-9-1-2-10-29)25(31)19(14-21)17-30-11-3-4-12-30;;;/h5-8,13-15,31H,1-4,9-12,16-17H2,(H,27,28);3*1H.